The van der Waals surface area contributed by atoms with E-state index >= 15 is 0 Å². The van der Waals surface area contributed by atoms with Crippen molar-refractivity contribution in [1.29, 1.82) is 0 Å². The van der Waals surface area contributed by atoms with Crippen LogP contribution in [0.25, 0.3) is 0 Å². The Labute approximate surface area is 116 Å². The number of rotatable bonds is 3. The molecule has 112 valence electrons. The number of amides is 2. The molecule has 0 aromatic heterocycles. The van der Waals surface area contributed by atoms with E-state index in [1.54, 1.807) is 4.90 Å². The van der Waals surface area contributed by atoms with E-state index in [4.69, 9.17) is 21.4 Å². The molecule has 1 unspecified atom stereocenters. The van der Waals surface area contributed by atoms with Crippen molar-refractivity contribution in [2.24, 2.45) is 28.0 Å². The van der Waals surface area contributed by atoms with Gasteiger partial charge in [0.25, 0.3) is 0 Å². The van der Waals surface area contributed by atoms with Gasteiger partial charge in [-0.15, -0.1) is 0 Å². The molecule has 0 saturated carbocycles. The second-order valence-electron chi connectivity index (χ2n) is 5.32. The van der Waals surface area contributed by atoms with E-state index in [1.165, 1.54) is 0 Å². The van der Waals surface area contributed by atoms with Crippen molar-refractivity contribution in [1.82, 2.24) is 4.90 Å². The normalized spacial score (nSPS) is 26.5. The second kappa shape index (κ2) is 5.66. The lowest BCUT2D eigenvalue weighted by atomic mass is 9.77. The fourth-order valence-corrected chi connectivity index (χ4v) is 2.87. The Hall–Kier alpha value is -1.83. The Kier molecular flexibility index (Phi) is 4.12. The fourth-order valence-electron chi connectivity index (χ4n) is 2.87. The van der Waals surface area contributed by atoms with Crippen LogP contribution in [0.2, 0.25) is 0 Å². The van der Waals surface area contributed by atoms with E-state index in [0.717, 1.165) is 0 Å². The number of carbonyl (C=O) groups excluding carboxylic acids is 2. The zero-order valence-electron chi connectivity index (χ0n) is 11.2. The molecule has 8 nitrogen and oxygen atoms in total. The molecule has 2 amide bonds. The number of carbonyl (C=O) groups is 2. The maximum absolute atomic E-state index is 12.7. The van der Waals surface area contributed by atoms with Crippen LogP contribution in [0.15, 0.2) is 5.16 Å². The molecule has 2 aliphatic heterocycles. The number of hydrogen-bond acceptors (Lipinski definition) is 5. The largest absolute Gasteiger partial charge is 0.409 e. The first-order valence-corrected chi connectivity index (χ1v) is 6.65. The summed E-state index contributed by atoms with van der Waals surface area (Å²) in [5.74, 6) is -1.01. The summed E-state index contributed by atoms with van der Waals surface area (Å²) in [6.07, 6.45) is 1.31. The summed E-state index contributed by atoms with van der Waals surface area (Å²) in [5, 5.41) is 12.0. The Morgan fingerprint density at radius 1 is 1.30 bits per heavy atom. The van der Waals surface area contributed by atoms with Crippen molar-refractivity contribution >= 4 is 17.6 Å². The number of amidine groups is 1. The second-order valence-corrected chi connectivity index (χ2v) is 5.32. The molecule has 0 bridgehead atoms. The molecule has 0 aromatic rings. The van der Waals surface area contributed by atoms with Crippen molar-refractivity contribution < 1.29 is 19.5 Å². The van der Waals surface area contributed by atoms with Gasteiger partial charge in [-0.2, -0.15) is 0 Å². The van der Waals surface area contributed by atoms with Gasteiger partial charge < -0.3 is 26.3 Å². The molecule has 0 aromatic carbocycles. The van der Waals surface area contributed by atoms with Gasteiger partial charge >= 0.3 is 0 Å². The average Bonchev–Trinajstić information content (AvgIpc) is 2.96. The minimum absolute atomic E-state index is 0.0895. The average molecular weight is 284 g/mol. The molecule has 0 aliphatic carbocycles. The van der Waals surface area contributed by atoms with Crippen LogP contribution in [-0.4, -0.2) is 54.1 Å². The quantitative estimate of drug-likeness (QED) is 0.261. The number of hydrogen-bond donors (Lipinski definition) is 3. The van der Waals surface area contributed by atoms with E-state index in [2.05, 4.69) is 5.16 Å². The topological polar surface area (TPSA) is 131 Å². The molecule has 8 heteroatoms. The number of primary amides is 1. The first-order chi connectivity index (χ1) is 9.51. The summed E-state index contributed by atoms with van der Waals surface area (Å²) in [5.41, 5.74) is 9.99. The molecule has 0 spiro atoms. The van der Waals surface area contributed by atoms with Crippen LogP contribution < -0.4 is 11.5 Å². The number of ether oxygens (including phenoxy) is 1. The maximum atomic E-state index is 12.7. The lowest BCUT2D eigenvalue weighted by Crippen LogP contribution is -2.53. The summed E-state index contributed by atoms with van der Waals surface area (Å²) in [6.45, 7) is 1.54. The monoisotopic (exact) mass is 284 g/mol. The Morgan fingerprint density at radius 2 is 1.95 bits per heavy atom. The van der Waals surface area contributed by atoms with Crippen LogP contribution in [-0.2, 0) is 14.3 Å². The first-order valence-electron chi connectivity index (χ1n) is 6.65. The minimum Gasteiger partial charge on any atom is -0.409 e. The Balaban J connectivity index is 2.18. The van der Waals surface area contributed by atoms with Crippen LogP contribution in [0.4, 0.5) is 0 Å². The molecule has 2 heterocycles. The summed E-state index contributed by atoms with van der Waals surface area (Å²) in [4.78, 5) is 25.5. The summed E-state index contributed by atoms with van der Waals surface area (Å²) >= 11 is 0. The Bertz CT molecular complexity index is 431. The highest BCUT2D eigenvalue weighted by atomic mass is 16.5. The molecular weight excluding hydrogens is 264 g/mol. The van der Waals surface area contributed by atoms with Gasteiger partial charge in [-0.05, 0) is 19.3 Å². The standard InChI is InChI=1S/C12H20N4O4/c13-9(17)8-1-4-16(7-8)11(18)12(10(14)15-19)2-5-20-6-3-12/h8,19H,1-7H2,(H2,13,17)(H2,14,15). The van der Waals surface area contributed by atoms with Gasteiger partial charge in [0, 0.05) is 26.3 Å². The molecular formula is C12H20N4O4. The van der Waals surface area contributed by atoms with Gasteiger partial charge in [-0.25, -0.2) is 0 Å². The summed E-state index contributed by atoms with van der Waals surface area (Å²) in [6, 6.07) is 0. The molecule has 2 fully saturated rings. The predicted molar refractivity (Wildman–Crippen MR) is 69.8 cm³/mol. The molecule has 20 heavy (non-hydrogen) atoms. The first kappa shape index (κ1) is 14.6. The third kappa shape index (κ3) is 2.43. The lowest BCUT2D eigenvalue weighted by Gasteiger charge is -2.37. The molecule has 1 atom stereocenters. The molecule has 2 rings (SSSR count). The van der Waals surface area contributed by atoms with Crippen molar-refractivity contribution in [2.75, 3.05) is 26.3 Å². The van der Waals surface area contributed by atoms with E-state index in [9.17, 15) is 9.59 Å². The van der Waals surface area contributed by atoms with E-state index in [-0.39, 0.29) is 17.7 Å². The van der Waals surface area contributed by atoms with Gasteiger partial charge in [0.1, 0.15) is 5.41 Å². The van der Waals surface area contributed by atoms with Gasteiger partial charge in [-0.1, -0.05) is 5.16 Å². The summed E-state index contributed by atoms with van der Waals surface area (Å²) < 4.78 is 5.25. The van der Waals surface area contributed by atoms with Gasteiger partial charge in [0.05, 0.1) is 5.92 Å². The molecule has 2 aliphatic rings. The number of likely N-dealkylation sites (tertiary alicyclic amines) is 1. The van der Waals surface area contributed by atoms with Crippen LogP contribution >= 0.6 is 0 Å². The van der Waals surface area contributed by atoms with Crippen molar-refractivity contribution in [3.05, 3.63) is 0 Å². The van der Waals surface area contributed by atoms with Crippen LogP contribution in [0.3, 0.4) is 0 Å². The Morgan fingerprint density at radius 3 is 2.45 bits per heavy atom. The predicted octanol–water partition coefficient (Wildman–Crippen LogP) is -1.14. The minimum atomic E-state index is -1.03. The van der Waals surface area contributed by atoms with Crippen LogP contribution in [0.5, 0.6) is 0 Å². The number of oxime groups is 1. The van der Waals surface area contributed by atoms with E-state index in [0.29, 0.717) is 45.6 Å². The van der Waals surface area contributed by atoms with Crippen molar-refractivity contribution in [3.8, 4) is 0 Å². The highest BCUT2D eigenvalue weighted by Gasteiger charge is 2.48. The van der Waals surface area contributed by atoms with E-state index < -0.39 is 11.3 Å². The third-order valence-electron chi connectivity index (χ3n) is 4.23. The lowest BCUT2D eigenvalue weighted by molar-refractivity contribution is -0.141. The van der Waals surface area contributed by atoms with Gasteiger partial charge in [0.15, 0.2) is 5.84 Å². The highest BCUT2D eigenvalue weighted by molar-refractivity contribution is 6.07. The SMILES string of the molecule is NC(=O)C1CCN(C(=O)C2(C(N)=NO)CCOCC2)C1. The van der Waals surface area contributed by atoms with E-state index in [1.807, 2.05) is 0 Å². The molecule has 2 saturated heterocycles. The third-order valence-corrected chi connectivity index (χ3v) is 4.23. The smallest absolute Gasteiger partial charge is 0.236 e. The van der Waals surface area contributed by atoms with Crippen LogP contribution in [0, 0.1) is 11.3 Å². The number of nitrogens with two attached hydrogens (primary N) is 2. The zero-order chi connectivity index (χ0) is 14.8. The van der Waals surface area contributed by atoms with Crippen molar-refractivity contribution in [3.63, 3.8) is 0 Å². The molecule has 0 radical (unpaired) electrons. The van der Waals surface area contributed by atoms with Gasteiger partial charge in [-0.3, -0.25) is 9.59 Å². The fraction of sp³-hybridized carbons (Fsp3) is 0.750. The van der Waals surface area contributed by atoms with Gasteiger partial charge in [0.2, 0.25) is 11.8 Å². The maximum Gasteiger partial charge on any atom is 0.236 e. The molecule has 5 N–H and O–H groups in total. The number of nitrogens with zero attached hydrogens (tertiary/aromatic N) is 2. The zero-order valence-corrected chi connectivity index (χ0v) is 11.2. The highest BCUT2D eigenvalue weighted by Crippen LogP contribution is 2.34. The summed E-state index contributed by atoms with van der Waals surface area (Å²) in [7, 11) is 0. The van der Waals surface area contributed by atoms with Crippen LogP contribution in [0.1, 0.15) is 19.3 Å². The van der Waals surface area contributed by atoms with Crippen molar-refractivity contribution in [2.45, 2.75) is 19.3 Å².